The first-order valence-electron chi connectivity index (χ1n) is 10.8. The fourth-order valence-electron chi connectivity index (χ4n) is 3.68. The highest BCUT2D eigenvalue weighted by Gasteiger charge is 2.30. The van der Waals surface area contributed by atoms with E-state index in [0.717, 1.165) is 43.8 Å². The van der Waals surface area contributed by atoms with Crippen LogP contribution in [0, 0.1) is 0 Å². The number of rotatable bonds is 7. The van der Waals surface area contributed by atoms with E-state index in [1.165, 1.54) is 6.07 Å². The predicted octanol–water partition coefficient (Wildman–Crippen LogP) is 4.45. The maximum absolute atomic E-state index is 13.0. The summed E-state index contributed by atoms with van der Waals surface area (Å²) in [6.07, 6.45) is -0.0183. The van der Waals surface area contributed by atoms with Gasteiger partial charge in [-0.05, 0) is 56.5 Å². The molecular formula is C23H31F3N4O. The van der Waals surface area contributed by atoms with Crippen LogP contribution in [-0.4, -0.2) is 42.6 Å². The summed E-state index contributed by atoms with van der Waals surface area (Å²) >= 11 is 0. The summed E-state index contributed by atoms with van der Waals surface area (Å²) in [6, 6.07) is 9.90. The molecule has 1 fully saturated rings. The number of furan rings is 1. The van der Waals surface area contributed by atoms with Crippen LogP contribution in [0.5, 0.6) is 0 Å². The number of aliphatic imine (C=N–C) groups is 1. The van der Waals surface area contributed by atoms with Crippen molar-refractivity contribution in [3.8, 4) is 0 Å². The fourth-order valence-corrected chi connectivity index (χ4v) is 3.68. The van der Waals surface area contributed by atoms with Crippen molar-refractivity contribution in [1.29, 1.82) is 0 Å². The minimum atomic E-state index is -4.35. The smallest absolute Gasteiger partial charge is 0.416 e. The summed E-state index contributed by atoms with van der Waals surface area (Å²) in [5.41, 5.74) is -0.127. The molecule has 0 bridgehead atoms. The molecule has 1 saturated heterocycles. The topological polar surface area (TPSA) is 52.8 Å². The van der Waals surface area contributed by atoms with Crippen LogP contribution in [0.4, 0.5) is 13.2 Å². The van der Waals surface area contributed by atoms with Gasteiger partial charge in [-0.3, -0.25) is 0 Å². The second-order valence-electron chi connectivity index (χ2n) is 8.17. The molecule has 0 atom stereocenters. The summed E-state index contributed by atoms with van der Waals surface area (Å²) in [6.45, 7) is 7.22. The number of nitrogens with zero attached hydrogens (tertiary/aromatic N) is 2. The maximum atomic E-state index is 13.0. The molecule has 31 heavy (non-hydrogen) atoms. The third kappa shape index (κ3) is 7.31. The van der Waals surface area contributed by atoms with Gasteiger partial charge < -0.3 is 20.0 Å². The van der Waals surface area contributed by atoms with Crippen LogP contribution in [0.25, 0.3) is 0 Å². The minimum Gasteiger partial charge on any atom is -0.469 e. The summed E-state index contributed by atoms with van der Waals surface area (Å²) in [5, 5.41) is 6.77. The standard InChI is InChI=1S/C23H31F3N4O/c1-17(2)30-12-9-20(10-13-30)29-22(27-11-8-21-7-4-14-31-21)28-16-18-5-3-6-19(15-18)23(24,25)26/h3-7,14-15,17,20H,8-13,16H2,1-2H3,(H2,27,28,29). The van der Waals surface area contributed by atoms with Crippen molar-refractivity contribution >= 4 is 5.96 Å². The van der Waals surface area contributed by atoms with Crippen LogP contribution in [0.15, 0.2) is 52.1 Å². The van der Waals surface area contributed by atoms with Gasteiger partial charge in [-0.2, -0.15) is 13.2 Å². The number of piperidine rings is 1. The lowest BCUT2D eigenvalue weighted by molar-refractivity contribution is -0.137. The minimum absolute atomic E-state index is 0.171. The Morgan fingerprint density at radius 3 is 2.61 bits per heavy atom. The average Bonchev–Trinajstić information content (AvgIpc) is 3.25. The second kappa shape index (κ2) is 10.7. The van der Waals surface area contributed by atoms with Crippen LogP contribution in [0.3, 0.4) is 0 Å². The van der Waals surface area contributed by atoms with Crippen LogP contribution in [0.1, 0.15) is 43.6 Å². The van der Waals surface area contributed by atoms with Crippen molar-refractivity contribution < 1.29 is 17.6 Å². The highest BCUT2D eigenvalue weighted by molar-refractivity contribution is 5.80. The van der Waals surface area contributed by atoms with Crippen LogP contribution in [-0.2, 0) is 19.1 Å². The van der Waals surface area contributed by atoms with E-state index < -0.39 is 11.7 Å². The molecule has 0 unspecified atom stereocenters. The van der Waals surface area contributed by atoms with Gasteiger partial charge in [0, 0.05) is 38.1 Å². The van der Waals surface area contributed by atoms with E-state index in [4.69, 9.17) is 4.42 Å². The van der Waals surface area contributed by atoms with E-state index in [1.54, 1.807) is 12.3 Å². The Bertz CT molecular complexity index is 826. The third-order valence-electron chi connectivity index (χ3n) is 5.52. The Hall–Kier alpha value is -2.48. The number of likely N-dealkylation sites (tertiary alicyclic amines) is 1. The number of nitrogens with one attached hydrogen (secondary N) is 2. The molecule has 1 aliphatic heterocycles. The molecular weight excluding hydrogens is 405 g/mol. The molecule has 0 saturated carbocycles. The van der Waals surface area contributed by atoms with Crippen molar-refractivity contribution in [1.82, 2.24) is 15.5 Å². The van der Waals surface area contributed by atoms with Crippen molar-refractivity contribution in [2.24, 2.45) is 4.99 Å². The molecule has 170 valence electrons. The Kier molecular flexibility index (Phi) is 8.01. The number of alkyl halides is 3. The first-order chi connectivity index (χ1) is 14.8. The normalized spacial score (nSPS) is 16.6. The van der Waals surface area contributed by atoms with Gasteiger partial charge in [-0.15, -0.1) is 0 Å². The molecule has 1 aliphatic rings. The van der Waals surface area contributed by atoms with Gasteiger partial charge in [0.1, 0.15) is 5.76 Å². The van der Waals surface area contributed by atoms with E-state index in [0.29, 0.717) is 30.5 Å². The third-order valence-corrected chi connectivity index (χ3v) is 5.52. The maximum Gasteiger partial charge on any atom is 0.416 e. The second-order valence-corrected chi connectivity index (χ2v) is 8.17. The molecule has 0 spiro atoms. The van der Waals surface area contributed by atoms with Gasteiger partial charge >= 0.3 is 6.18 Å². The number of benzene rings is 1. The summed E-state index contributed by atoms with van der Waals surface area (Å²) in [4.78, 5) is 7.01. The molecule has 2 aromatic rings. The lowest BCUT2D eigenvalue weighted by atomic mass is 10.0. The molecule has 0 aliphatic carbocycles. The average molecular weight is 437 g/mol. The Morgan fingerprint density at radius 1 is 1.19 bits per heavy atom. The molecule has 0 amide bonds. The lowest BCUT2D eigenvalue weighted by Crippen LogP contribution is -2.50. The highest BCUT2D eigenvalue weighted by Crippen LogP contribution is 2.29. The van der Waals surface area contributed by atoms with E-state index in [1.807, 2.05) is 12.1 Å². The molecule has 0 radical (unpaired) electrons. The van der Waals surface area contributed by atoms with E-state index >= 15 is 0 Å². The van der Waals surface area contributed by atoms with Gasteiger partial charge in [-0.25, -0.2) is 4.99 Å². The van der Waals surface area contributed by atoms with Crippen LogP contribution >= 0.6 is 0 Å². The highest BCUT2D eigenvalue weighted by atomic mass is 19.4. The van der Waals surface area contributed by atoms with E-state index in [9.17, 15) is 13.2 Å². The van der Waals surface area contributed by atoms with Crippen molar-refractivity contribution in [2.45, 2.75) is 57.9 Å². The lowest BCUT2D eigenvalue weighted by Gasteiger charge is -2.35. The summed E-state index contributed by atoms with van der Waals surface area (Å²) < 4.78 is 44.3. The van der Waals surface area contributed by atoms with Crippen LogP contribution in [0.2, 0.25) is 0 Å². The SMILES string of the molecule is CC(C)N1CCC(NC(=NCc2cccc(C(F)(F)F)c2)NCCc2ccco2)CC1. The molecule has 1 aromatic heterocycles. The Morgan fingerprint density at radius 2 is 1.97 bits per heavy atom. The molecule has 1 aromatic carbocycles. The zero-order chi connectivity index (χ0) is 22.3. The van der Waals surface area contributed by atoms with Gasteiger partial charge in [0.15, 0.2) is 5.96 Å². The zero-order valence-electron chi connectivity index (χ0n) is 18.1. The predicted molar refractivity (Wildman–Crippen MR) is 116 cm³/mol. The van der Waals surface area contributed by atoms with Gasteiger partial charge in [-0.1, -0.05) is 12.1 Å². The van der Waals surface area contributed by atoms with Crippen molar-refractivity contribution in [3.63, 3.8) is 0 Å². The van der Waals surface area contributed by atoms with Gasteiger partial charge in [0.25, 0.3) is 0 Å². The summed E-state index contributed by atoms with van der Waals surface area (Å²) in [7, 11) is 0. The molecule has 8 heteroatoms. The van der Waals surface area contributed by atoms with Gasteiger partial charge in [0.2, 0.25) is 0 Å². The van der Waals surface area contributed by atoms with E-state index in [2.05, 4.69) is 34.4 Å². The number of hydrogen-bond acceptors (Lipinski definition) is 3. The Balaban J connectivity index is 1.63. The Labute approximate surface area is 181 Å². The quantitative estimate of drug-likeness (QED) is 0.498. The summed E-state index contributed by atoms with van der Waals surface area (Å²) in [5.74, 6) is 1.49. The van der Waals surface area contributed by atoms with E-state index in [-0.39, 0.29) is 12.6 Å². The molecule has 3 rings (SSSR count). The van der Waals surface area contributed by atoms with Crippen molar-refractivity contribution in [3.05, 3.63) is 59.5 Å². The number of guanidine groups is 1. The van der Waals surface area contributed by atoms with Crippen LogP contribution < -0.4 is 10.6 Å². The number of hydrogen-bond donors (Lipinski definition) is 2. The number of halogens is 3. The molecule has 5 nitrogen and oxygen atoms in total. The fraction of sp³-hybridized carbons (Fsp3) is 0.522. The molecule has 2 N–H and O–H groups in total. The first kappa shape index (κ1) is 23.2. The first-order valence-corrected chi connectivity index (χ1v) is 10.8. The zero-order valence-corrected chi connectivity index (χ0v) is 18.1. The van der Waals surface area contributed by atoms with Gasteiger partial charge in [0.05, 0.1) is 18.4 Å². The monoisotopic (exact) mass is 436 g/mol. The largest absolute Gasteiger partial charge is 0.469 e. The van der Waals surface area contributed by atoms with Crippen molar-refractivity contribution in [2.75, 3.05) is 19.6 Å². The molecule has 2 heterocycles.